The molecule has 0 aliphatic carbocycles. The third kappa shape index (κ3) is 10.3. The first-order valence-electron chi connectivity index (χ1n) is 10.8. The van der Waals surface area contributed by atoms with E-state index in [1.165, 1.54) is 12.1 Å². The molecule has 4 rings (SSSR count). The van der Waals surface area contributed by atoms with E-state index in [4.69, 9.17) is 31.8 Å². The zero-order chi connectivity index (χ0) is 24.1. The summed E-state index contributed by atoms with van der Waals surface area (Å²) in [6.45, 7) is 3.13. The SMILES string of the molecule is NC1CCOCC1.Nc1cccc(C(=O)NC2CCOCC2)n1.Nc1cccc(C(=O)O)n1. The number of aromatic nitrogens is 2. The summed E-state index contributed by atoms with van der Waals surface area (Å²) >= 11 is 0. The number of hydrogen-bond donors (Lipinski definition) is 5. The van der Waals surface area contributed by atoms with E-state index in [9.17, 15) is 9.59 Å². The first-order chi connectivity index (χ1) is 15.8. The lowest BCUT2D eigenvalue weighted by Gasteiger charge is -2.22. The van der Waals surface area contributed by atoms with Crippen molar-refractivity contribution in [1.29, 1.82) is 0 Å². The van der Waals surface area contributed by atoms with Gasteiger partial charge in [-0.25, -0.2) is 14.8 Å². The van der Waals surface area contributed by atoms with Crippen LogP contribution in [0.4, 0.5) is 11.6 Å². The molecule has 0 unspecified atom stereocenters. The molecule has 0 saturated carbocycles. The number of anilines is 2. The lowest BCUT2D eigenvalue weighted by molar-refractivity contribution is 0.0684. The number of carboxylic acid groups (broad SMARTS) is 1. The van der Waals surface area contributed by atoms with E-state index in [1.54, 1.807) is 24.3 Å². The van der Waals surface area contributed by atoms with Crippen LogP contribution in [-0.2, 0) is 9.47 Å². The Kier molecular flexibility index (Phi) is 11.0. The van der Waals surface area contributed by atoms with E-state index in [2.05, 4.69) is 15.3 Å². The number of hydrogen-bond acceptors (Lipinski definition) is 9. The van der Waals surface area contributed by atoms with E-state index < -0.39 is 5.97 Å². The smallest absolute Gasteiger partial charge is 0.354 e. The largest absolute Gasteiger partial charge is 0.477 e. The number of nitrogen functional groups attached to an aromatic ring is 2. The van der Waals surface area contributed by atoms with Crippen LogP contribution < -0.4 is 22.5 Å². The van der Waals surface area contributed by atoms with Gasteiger partial charge in [0, 0.05) is 38.5 Å². The van der Waals surface area contributed by atoms with E-state index in [0.29, 0.717) is 30.8 Å². The van der Waals surface area contributed by atoms with Crippen molar-refractivity contribution >= 4 is 23.5 Å². The summed E-state index contributed by atoms with van der Waals surface area (Å²) in [7, 11) is 0. The molecular weight excluding hydrogens is 428 g/mol. The Morgan fingerprint density at radius 3 is 1.76 bits per heavy atom. The van der Waals surface area contributed by atoms with E-state index in [0.717, 1.165) is 38.9 Å². The molecule has 2 aromatic heterocycles. The Labute approximate surface area is 192 Å². The predicted molar refractivity (Wildman–Crippen MR) is 124 cm³/mol. The number of rotatable bonds is 3. The van der Waals surface area contributed by atoms with Gasteiger partial charge < -0.3 is 37.1 Å². The molecule has 11 nitrogen and oxygen atoms in total. The summed E-state index contributed by atoms with van der Waals surface area (Å²) < 4.78 is 10.3. The van der Waals surface area contributed by atoms with Gasteiger partial charge in [-0.3, -0.25) is 4.79 Å². The highest BCUT2D eigenvalue weighted by Gasteiger charge is 2.17. The zero-order valence-corrected chi connectivity index (χ0v) is 18.5. The number of carbonyl (C=O) groups excluding carboxylic acids is 1. The second-order valence-corrected chi connectivity index (χ2v) is 7.51. The van der Waals surface area contributed by atoms with Crippen LogP contribution in [0.2, 0.25) is 0 Å². The lowest BCUT2D eigenvalue weighted by atomic mass is 10.1. The highest BCUT2D eigenvalue weighted by molar-refractivity contribution is 5.92. The molecule has 0 bridgehead atoms. The van der Waals surface area contributed by atoms with Crippen LogP contribution in [0.15, 0.2) is 36.4 Å². The first kappa shape index (κ1) is 26.0. The van der Waals surface area contributed by atoms with Crippen molar-refractivity contribution in [2.45, 2.75) is 37.8 Å². The summed E-state index contributed by atoms with van der Waals surface area (Å²) in [5.74, 6) is -0.647. The number of aromatic carboxylic acids is 1. The Hall–Kier alpha value is -3.28. The zero-order valence-electron chi connectivity index (χ0n) is 18.5. The second kappa shape index (κ2) is 14.0. The molecule has 2 fully saturated rings. The highest BCUT2D eigenvalue weighted by Crippen LogP contribution is 2.08. The van der Waals surface area contributed by atoms with Crippen LogP contribution >= 0.6 is 0 Å². The van der Waals surface area contributed by atoms with Crippen LogP contribution in [-0.4, -0.2) is 65.5 Å². The van der Waals surface area contributed by atoms with Crippen molar-refractivity contribution in [3.8, 4) is 0 Å². The number of nitrogens with one attached hydrogen (secondary N) is 1. The minimum atomic E-state index is -1.06. The Morgan fingerprint density at radius 1 is 0.848 bits per heavy atom. The third-order valence-electron chi connectivity index (χ3n) is 4.82. The standard InChI is InChI=1S/C11H15N3O2.C6H6N2O2.C5H11NO/c12-10-3-1-2-9(14-10)11(15)13-8-4-6-16-7-5-8;7-5-3-1-2-4(8-5)6(9)10;6-5-1-3-7-4-2-5/h1-3,8H,4-7H2,(H2,12,14)(H,13,15);1-3H,(H2,7,8)(H,9,10);5H,1-4,6H2. The van der Waals surface area contributed by atoms with Gasteiger partial charge in [0.1, 0.15) is 17.3 Å². The van der Waals surface area contributed by atoms with Gasteiger partial charge in [0.2, 0.25) is 0 Å². The van der Waals surface area contributed by atoms with E-state index in [-0.39, 0.29) is 23.5 Å². The van der Waals surface area contributed by atoms with Gasteiger partial charge in [0.25, 0.3) is 5.91 Å². The summed E-state index contributed by atoms with van der Waals surface area (Å²) in [5.41, 5.74) is 16.6. The Balaban J connectivity index is 0.000000193. The normalized spacial score (nSPS) is 16.4. The van der Waals surface area contributed by atoms with E-state index in [1.807, 2.05) is 0 Å². The van der Waals surface area contributed by atoms with Crippen molar-refractivity contribution in [2.24, 2.45) is 5.73 Å². The molecule has 4 heterocycles. The van der Waals surface area contributed by atoms with Gasteiger partial charge in [0.15, 0.2) is 5.69 Å². The fourth-order valence-corrected chi connectivity index (χ4v) is 2.97. The molecule has 0 aromatic carbocycles. The molecule has 33 heavy (non-hydrogen) atoms. The van der Waals surface area contributed by atoms with Gasteiger partial charge in [-0.15, -0.1) is 0 Å². The molecular formula is C22H32N6O5. The Morgan fingerprint density at radius 2 is 1.33 bits per heavy atom. The van der Waals surface area contributed by atoms with Crippen molar-refractivity contribution in [2.75, 3.05) is 37.9 Å². The Bertz CT molecular complexity index is 885. The minimum Gasteiger partial charge on any atom is -0.477 e. The van der Waals surface area contributed by atoms with Crippen LogP contribution in [0, 0.1) is 0 Å². The van der Waals surface area contributed by atoms with Gasteiger partial charge in [-0.05, 0) is 49.9 Å². The minimum absolute atomic E-state index is 0.0278. The molecule has 2 aliphatic rings. The predicted octanol–water partition coefficient (Wildman–Crippen LogP) is 1.06. The number of pyridine rings is 2. The molecule has 0 atom stereocenters. The van der Waals surface area contributed by atoms with Gasteiger partial charge >= 0.3 is 5.97 Å². The molecule has 8 N–H and O–H groups in total. The fourth-order valence-electron chi connectivity index (χ4n) is 2.97. The van der Waals surface area contributed by atoms with Crippen LogP contribution in [0.5, 0.6) is 0 Å². The number of carboxylic acids is 1. The highest BCUT2D eigenvalue weighted by atomic mass is 16.5. The fraction of sp³-hybridized carbons (Fsp3) is 0.455. The maximum atomic E-state index is 11.8. The molecule has 2 aromatic rings. The summed E-state index contributed by atoms with van der Waals surface area (Å²) in [4.78, 5) is 29.6. The monoisotopic (exact) mass is 460 g/mol. The average molecular weight is 461 g/mol. The average Bonchev–Trinajstić information content (AvgIpc) is 2.81. The topological polar surface area (TPSA) is 189 Å². The summed E-state index contributed by atoms with van der Waals surface area (Å²) in [6, 6.07) is 10.1. The quantitative estimate of drug-likeness (QED) is 0.443. The number of amides is 1. The van der Waals surface area contributed by atoms with Crippen molar-refractivity contribution in [1.82, 2.24) is 15.3 Å². The number of carbonyl (C=O) groups is 2. The first-order valence-corrected chi connectivity index (χ1v) is 10.8. The summed E-state index contributed by atoms with van der Waals surface area (Å²) in [5, 5.41) is 11.3. The number of nitrogens with two attached hydrogens (primary N) is 3. The van der Waals surface area contributed by atoms with Gasteiger partial charge in [-0.2, -0.15) is 0 Å². The van der Waals surface area contributed by atoms with Crippen LogP contribution in [0.1, 0.15) is 46.7 Å². The maximum Gasteiger partial charge on any atom is 0.354 e. The molecule has 2 aliphatic heterocycles. The van der Waals surface area contributed by atoms with Crippen molar-refractivity contribution < 1.29 is 24.2 Å². The lowest BCUT2D eigenvalue weighted by Crippen LogP contribution is -2.39. The van der Waals surface area contributed by atoms with Gasteiger partial charge in [-0.1, -0.05) is 12.1 Å². The number of nitrogens with zero attached hydrogens (tertiary/aromatic N) is 2. The van der Waals surface area contributed by atoms with Crippen molar-refractivity contribution in [3.63, 3.8) is 0 Å². The second-order valence-electron chi connectivity index (χ2n) is 7.51. The molecule has 0 spiro atoms. The number of ether oxygens (including phenoxy) is 2. The third-order valence-corrected chi connectivity index (χ3v) is 4.82. The molecule has 11 heteroatoms. The molecule has 2 saturated heterocycles. The molecule has 0 radical (unpaired) electrons. The maximum absolute atomic E-state index is 11.8. The van der Waals surface area contributed by atoms with Crippen LogP contribution in [0.3, 0.4) is 0 Å². The van der Waals surface area contributed by atoms with Crippen molar-refractivity contribution in [3.05, 3.63) is 47.8 Å². The summed E-state index contributed by atoms with van der Waals surface area (Å²) in [6.07, 6.45) is 3.79. The molecule has 1 amide bonds. The molecule has 180 valence electrons. The van der Waals surface area contributed by atoms with Gasteiger partial charge in [0.05, 0.1) is 0 Å². The van der Waals surface area contributed by atoms with E-state index >= 15 is 0 Å². The van der Waals surface area contributed by atoms with Crippen LogP contribution in [0.25, 0.3) is 0 Å².